The summed E-state index contributed by atoms with van der Waals surface area (Å²) in [6.07, 6.45) is 8.85. The van der Waals surface area contributed by atoms with Gasteiger partial charge in [0.05, 0.1) is 12.7 Å². The molecule has 0 saturated carbocycles. The molecule has 5 heteroatoms. The number of hydrogen-bond acceptors (Lipinski definition) is 3. The van der Waals surface area contributed by atoms with E-state index in [4.69, 9.17) is 0 Å². The highest BCUT2D eigenvalue weighted by molar-refractivity contribution is 5.04. The van der Waals surface area contributed by atoms with Crippen molar-refractivity contribution in [2.45, 2.75) is 26.4 Å². The number of imidazole rings is 1. The minimum Gasteiger partial charge on any atom is -0.334 e. The van der Waals surface area contributed by atoms with Crippen molar-refractivity contribution in [2.24, 2.45) is 7.05 Å². The lowest BCUT2D eigenvalue weighted by atomic mass is 10.2. The van der Waals surface area contributed by atoms with Gasteiger partial charge in [-0.05, 0) is 18.5 Å². The van der Waals surface area contributed by atoms with E-state index < -0.39 is 0 Å². The number of rotatable bonds is 6. The second kappa shape index (κ2) is 5.63. The molecule has 0 bridgehead atoms. The summed E-state index contributed by atoms with van der Waals surface area (Å²) < 4.78 is 4.03. The Bertz CT molecular complexity index is 457. The van der Waals surface area contributed by atoms with Gasteiger partial charge in [-0.3, -0.25) is 4.68 Å². The van der Waals surface area contributed by atoms with Crippen LogP contribution in [0.15, 0.2) is 24.8 Å². The van der Waals surface area contributed by atoms with Gasteiger partial charge in [0, 0.05) is 32.2 Å². The van der Waals surface area contributed by atoms with Crippen molar-refractivity contribution in [3.05, 3.63) is 36.2 Å². The van der Waals surface area contributed by atoms with Gasteiger partial charge in [0.1, 0.15) is 5.82 Å². The highest BCUT2D eigenvalue weighted by atomic mass is 15.2. The molecule has 0 atom stereocenters. The molecule has 0 aromatic carbocycles. The summed E-state index contributed by atoms with van der Waals surface area (Å²) in [7, 11) is 1.94. The molecule has 5 nitrogen and oxygen atoms in total. The zero-order valence-electron chi connectivity index (χ0n) is 10.4. The summed E-state index contributed by atoms with van der Waals surface area (Å²) in [4.78, 5) is 4.35. The van der Waals surface area contributed by atoms with Crippen LogP contribution in [0.25, 0.3) is 0 Å². The number of nitrogens with zero attached hydrogens (tertiary/aromatic N) is 4. The first-order valence-electron chi connectivity index (χ1n) is 5.98. The van der Waals surface area contributed by atoms with E-state index in [2.05, 4.69) is 33.1 Å². The Morgan fingerprint density at radius 3 is 3.00 bits per heavy atom. The Labute approximate surface area is 101 Å². The predicted octanol–water partition coefficient (Wildman–Crippen LogP) is 0.969. The first-order valence-corrected chi connectivity index (χ1v) is 5.98. The molecule has 1 N–H and O–H groups in total. The molecule has 2 aromatic heterocycles. The summed E-state index contributed by atoms with van der Waals surface area (Å²) in [6, 6.07) is 0. The van der Waals surface area contributed by atoms with Crippen LogP contribution < -0.4 is 5.32 Å². The van der Waals surface area contributed by atoms with Gasteiger partial charge in [-0.1, -0.05) is 6.92 Å². The molecule has 0 radical (unpaired) electrons. The first kappa shape index (κ1) is 11.9. The zero-order valence-corrected chi connectivity index (χ0v) is 10.4. The lowest BCUT2D eigenvalue weighted by Crippen LogP contribution is -2.16. The topological polar surface area (TPSA) is 47.7 Å². The van der Waals surface area contributed by atoms with E-state index in [0.29, 0.717) is 0 Å². The maximum absolute atomic E-state index is 4.35. The Balaban J connectivity index is 1.92. The molecule has 0 unspecified atom stereocenters. The Kier molecular flexibility index (Phi) is 3.93. The molecule has 0 amide bonds. The molecular formula is C12H19N5. The van der Waals surface area contributed by atoms with Crippen molar-refractivity contribution in [2.75, 3.05) is 6.54 Å². The van der Waals surface area contributed by atoms with Gasteiger partial charge < -0.3 is 9.88 Å². The number of aryl methyl sites for hydroxylation is 3. The van der Waals surface area contributed by atoms with E-state index in [9.17, 15) is 0 Å². The van der Waals surface area contributed by atoms with Gasteiger partial charge >= 0.3 is 0 Å². The lowest BCUT2D eigenvalue weighted by molar-refractivity contribution is 0.606. The van der Waals surface area contributed by atoms with Gasteiger partial charge in [-0.25, -0.2) is 4.98 Å². The van der Waals surface area contributed by atoms with Gasteiger partial charge in [-0.2, -0.15) is 5.10 Å². The van der Waals surface area contributed by atoms with E-state index in [0.717, 1.165) is 31.9 Å². The number of hydrogen-bond donors (Lipinski definition) is 1. The van der Waals surface area contributed by atoms with Crippen molar-refractivity contribution >= 4 is 0 Å². The van der Waals surface area contributed by atoms with Crippen molar-refractivity contribution in [3.8, 4) is 0 Å². The zero-order chi connectivity index (χ0) is 12.1. The van der Waals surface area contributed by atoms with Gasteiger partial charge in [0.15, 0.2) is 0 Å². The third kappa shape index (κ3) is 3.17. The van der Waals surface area contributed by atoms with Crippen LogP contribution in [0.5, 0.6) is 0 Å². The second-order valence-electron chi connectivity index (χ2n) is 4.09. The van der Waals surface area contributed by atoms with Crippen LogP contribution in [0, 0.1) is 0 Å². The normalized spacial score (nSPS) is 10.9. The molecule has 92 valence electrons. The van der Waals surface area contributed by atoms with Crippen LogP contribution in [0.3, 0.4) is 0 Å². The highest BCUT2D eigenvalue weighted by Crippen LogP contribution is 2.03. The first-order chi connectivity index (χ1) is 8.29. The van der Waals surface area contributed by atoms with Gasteiger partial charge in [-0.15, -0.1) is 0 Å². The molecule has 0 aliphatic rings. The second-order valence-corrected chi connectivity index (χ2v) is 4.09. The van der Waals surface area contributed by atoms with Gasteiger partial charge in [0.25, 0.3) is 0 Å². The largest absolute Gasteiger partial charge is 0.334 e. The van der Waals surface area contributed by atoms with Crippen LogP contribution in [0.2, 0.25) is 0 Å². The summed E-state index contributed by atoms with van der Waals surface area (Å²) in [6.45, 7) is 4.85. The lowest BCUT2D eigenvalue weighted by Gasteiger charge is -2.07. The van der Waals surface area contributed by atoms with Crippen molar-refractivity contribution in [3.63, 3.8) is 0 Å². The molecule has 0 fully saturated rings. The Hall–Kier alpha value is -1.62. The average Bonchev–Trinajstić information content (AvgIpc) is 2.92. The molecule has 0 aliphatic carbocycles. The molecule has 2 heterocycles. The van der Waals surface area contributed by atoms with Crippen LogP contribution in [0.4, 0.5) is 0 Å². The van der Waals surface area contributed by atoms with E-state index in [1.54, 1.807) is 0 Å². The molecular weight excluding hydrogens is 214 g/mol. The quantitative estimate of drug-likeness (QED) is 0.808. The van der Waals surface area contributed by atoms with E-state index in [1.165, 1.54) is 5.56 Å². The SMILES string of the molecule is CCNCc1nccn1CCc1cnn(C)c1. The number of aromatic nitrogens is 4. The molecule has 0 saturated heterocycles. The third-order valence-corrected chi connectivity index (χ3v) is 2.73. The maximum atomic E-state index is 4.35. The predicted molar refractivity (Wildman–Crippen MR) is 66.5 cm³/mol. The summed E-state index contributed by atoms with van der Waals surface area (Å²) in [5.41, 5.74) is 1.26. The maximum Gasteiger partial charge on any atom is 0.122 e. The van der Waals surface area contributed by atoms with Gasteiger partial charge in [0.2, 0.25) is 0 Å². The monoisotopic (exact) mass is 233 g/mol. The molecule has 2 aromatic rings. The average molecular weight is 233 g/mol. The van der Waals surface area contributed by atoms with Crippen molar-refractivity contribution < 1.29 is 0 Å². The van der Waals surface area contributed by atoms with Crippen molar-refractivity contribution in [1.82, 2.24) is 24.6 Å². The Morgan fingerprint density at radius 1 is 1.41 bits per heavy atom. The Morgan fingerprint density at radius 2 is 2.29 bits per heavy atom. The summed E-state index contributed by atoms with van der Waals surface area (Å²) >= 11 is 0. The third-order valence-electron chi connectivity index (χ3n) is 2.73. The van der Waals surface area contributed by atoms with Crippen LogP contribution in [-0.4, -0.2) is 25.9 Å². The molecule has 2 rings (SSSR count). The van der Waals surface area contributed by atoms with Crippen LogP contribution in [-0.2, 0) is 26.6 Å². The fraction of sp³-hybridized carbons (Fsp3) is 0.500. The van der Waals surface area contributed by atoms with Crippen molar-refractivity contribution in [1.29, 1.82) is 0 Å². The smallest absolute Gasteiger partial charge is 0.122 e. The van der Waals surface area contributed by atoms with E-state index in [-0.39, 0.29) is 0 Å². The number of nitrogens with one attached hydrogen (secondary N) is 1. The van der Waals surface area contributed by atoms with E-state index >= 15 is 0 Å². The van der Waals surface area contributed by atoms with Crippen LogP contribution in [0.1, 0.15) is 18.3 Å². The molecule has 17 heavy (non-hydrogen) atoms. The summed E-state index contributed by atoms with van der Waals surface area (Å²) in [5.74, 6) is 1.09. The standard InChI is InChI=1S/C12H19N5/c1-3-13-9-12-14-5-7-17(12)6-4-11-8-15-16(2)10-11/h5,7-8,10,13H,3-4,6,9H2,1-2H3. The molecule has 0 spiro atoms. The van der Waals surface area contributed by atoms with E-state index in [1.807, 2.05) is 30.3 Å². The fourth-order valence-corrected chi connectivity index (χ4v) is 1.80. The van der Waals surface area contributed by atoms with Crippen LogP contribution >= 0.6 is 0 Å². The minimum atomic E-state index is 0.830. The minimum absolute atomic E-state index is 0.830. The molecule has 0 aliphatic heterocycles. The highest BCUT2D eigenvalue weighted by Gasteiger charge is 2.03. The fourth-order valence-electron chi connectivity index (χ4n) is 1.80. The summed E-state index contributed by atoms with van der Waals surface area (Å²) in [5, 5.41) is 7.46.